The van der Waals surface area contributed by atoms with E-state index in [4.69, 9.17) is 9.72 Å². The molecule has 0 saturated carbocycles. The van der Waals surface area contributed by atoms with Gasteiger partial charge in [-0.1, -0.05) is 81.1 Å². The first-order valence-corrected chi connectivity index (χ1v) is 13.8. The number of aromatic nitrogens is 1. The smallest absolute Gasteiger partial charge is 0.118 e. The van der Waals surface area contributed by atoms with Crippen molar-refractivity contribution in [3.05, 3.63) is 66.2 Å². The predicted molar refractivity (Wildman–Crippen MR) is 143 cm³/mol. The quantitative estimate of drug-likeness (QED) is 0.141. The van der Waals surface area contributed by atoms with E-state index in [-0.39, 0.29) is 0 Å². The van der Waals surface area contributed by atoms with E-state index in [1.807, 2.05) is 60.3 Å². The summed E-state index contributed by atoms with van der Waals surface area (Å²) in [6.45, 7) is 2.25. The highest BCUT2D eigenvalue weighted by molar-refractivity contribution is 8.15. The molecule has 0 aliphatic carbocycles. The Morgan fingerprint density at radius 1 is 0.909 bits per heavy atom. The van der Waals surface area contributed by atoms with Crippen LogP contribution in [0.4, 0.5) is 0 Å². The maximum atomic E-state index is 10.0. The SMILES string of the molecule is CCCCCCCCSCSc1nc(-c2ccc(OC)cc2)cc(-c2ccccc2)c1C#N. The maximum absolute atomic E-state index is 10.0. The molecule has 0 amide bonds. The fraction of sp³-hybridized carbons (Fsp3) is 0.357. The van der Waals surface area contributed by atoms with Crippen LogP contribution in [0.25, 0.3) is 22.4 Å². The Morgan fingerprint density at radius 3 is 2.33 bits per heavy atom. The number of methoxy groups -OCH3 is 1. The highest BCUT2D eigenvalue weighted by Gasteiger charge is 2.16. The van der Waals surface area contributed by atoms with Gasteiger partial charge < -0.3 is 4.74 Å². The van der Waals surface area contributed by atoms with Gasteiger partial charge in [-0.15, -0.1) is 0 Å². The fourth-order valence-electron chi connectivity index (χ4n) is 3.63. The fourth-order valence-corrected chi connectivity index (χ4v) is 5.75. The number of unbranched alkanes of at least 4 members (excludes halogenated alkanes) is 5. The van der Waals surface area contributed by atoms with Crippen molar-refractivity contribution in [2.24, 2.45) is 0 Å². The monoisotopic (exact) mass is 476 g/mol. The summed E-state index contributed by atoms with van der Waals surface area (Å²) in [6, 6.07) is 22.5. The van der Waals surface area contributed by atoms with Gasteiger partial charge in [-0.25, -0.2) is 4.98 Å². The Morgan fingerprint density at radius 2 is 1.64 bits per heavy atom. The van der Waals surface area contributed by atoms with Crippen LogP contribution in [0, 0.1) is 11.3 Å². The third kappa shape index (κ3) is 7.55. The Bertz CT molecular complexity index is 1030. The molecule has 3 nitrogen and oxygen atoms in total. The molecular weight excluding hydrogens is 444 g/mol. The van der Waals surface area contributed by atoms with Crippen molar-refractivity contribution in [1.82, 2.24) is 4.98 Å². The molecular formula is C28H32N2OS2. The Labute approximate surface area is 207 Å². The lowest BCUT2D eigenvalue weighted by molar-refractivity contribution is 0.415. The first-order valence-electron chi connectivity index (χ1n) is 11.6. The Hall–Kier alpha value is -2.42. The van der Waals surface area contributed by atoms with Gasteiger partial charge in [0.2, 0.25) is 0 Å². The molecule has 0 atom stereocenters. The van der Waals surface area contributed by atoms with Crippen LogP contribution in [-0.4, -0.2) is 22.9 Å². The number of hydrogen-bond acceptors (Lipinski definition) is 5. The van der Waals surface area contributed by atoms with Crippen molar-refractivity contribution >= 4 is 23.5 Å². The summed E-state index contributed by atoms with van der Waals surface area (Å²) >= 11 is 3.61. The minimum atomic E-state index is 0.656. The molecule has 1 heterocycles. The molecule has 5 heteroatoms. The highest BCUT2D eigenvalue weighted by Crippen LogP contribution is 2.35. The maximum Gasteiger partial charge on any atom is 0.118 e. The molecule has 3 rings (SSSR count). The first kappa shape index (κ1) is 25.2. The van der Waals surface area contributed by atoms with Gasteiger partial charge in [0.1, 0.15) is 16.8 Å². The zero-order valence-electron chi connectivity index (χ0n) is 19.5. The van der Waals surface area contributed by atoms with Gasteiger partial charge in [-0.05, 0) is 48.1 Å². The van der Waals surface area contributed by atoms with Crippen molar-refractivity contribution in [2.45, 2.75) is 50.5 Å². The molecule has 0 bridgehead atoms. The summed E-state index contributed by atoms with van der Waals surface area (Å²) in [5.41, 5.74) is 4.51. The highest BCUT2D eigenvalue weighted by atomic mass is 32.2. The van der Waals surface area contributed by atoms with Crippen molar-refractivity contribution in [2.75, 3.05) is 17.9 Å². The number of nitrogens with zero attached hydrogens (tertiary/aromatic N) is 2. The lowest BCUT2D eigenvalue weighted by Gasteiger charge is -2.13. The van der Waals surface area contributed by atoms with Crippen molar-refractivity contribution < 1.29 is 4.74 Å². The van der Waals surface area contributed by atoms with Gasteiger partial charge in [0.15, 0.2) is 0 Å². The van der Waals surface area contributed by atoms with E-state index >= 15 is 0 Å². The number of pyridine rings is 1. The van der Waals surface area contributed by atoms with E-state index in [0.717, 1.165) is 44.0 Å². The van der Waals surface area contributed by atoms with Gasteiger partial charge in [-0.3, -0.25) is 0 Å². The van der Waals surface area contributed by atoms with E-state index in [0.29, 0.717) is 5.56 Å². The van der Waals surface area contributed by atoms with Crippen LogP contribution in [0.15, 0.2) is 65.7 Å². The van der Waals surface area contributed by atoms with E-state index in [1.54, 1.807) is 18.9 Å². The number of nitriles is 1. The Balaban J connectivity index is 1.77. The largest absolute Gasteiger partial charge is 0.497 e. The Kier molecular flexibility index (Phi) is 10.7. The van der Waals surface area contributed by atoms with Crippen LogP contribution in [0.1, 0.15) is 51.0 Å². The van der Waals surface area contributed by atoms with Gasteiger partial charge in [-0.2, -0.15) is 17.0 Å². The molecule has 0 spiro atoms. The average molecular weight is 477 g/mol. The first-order chi connectivity index (χ1) is 16.3. The van der Waals surface area contributed by atoms with Crippen LogP contribution < -0.4 is 4.74 Å². The van der Waals surface area contributed by atoms with Gasteiger partial charge >= 0.3 is 0 Å². The average Bonchev–Trinajstić information content (AvgIpc) is 2.87. The molecule has 33 heavy (non-hydrogen) atoms. The summed E-state index contributed by atoms with van der Waals surface area (Å²) in [7, 11) is 1.67. The summed E-state index contributed by atoms with van der Waals surface area (Å²) < 4.78 is 5.30. The van der Waals surface area contributed by atoms with E-state index in [9.17, 15) is 5.26 Å². The van der Waals surface area contributed by atoms with Crippen LogP contribution in [0.5, 0.6) is 5.75 Å². The zero-order chi connectivity index (χ0) is 23.3. The minimum Gasteiger partial charge on any atom is -0.497 e. The number of benzene rings is 2. The van der Waals surface area contributed by atoms with Crippen LogP contribution >= 0.6 is 23.5 Å². The predicted octanol–water partition coefficient (Wildman–Crippen LogP) is 8.44. The summed E-state index contributed by atoms with van der Waals surface area (Å²) in [5.74, 6) is 1.97. The van der Waals surface area contributed by atoms with Gasteiger partial charge in [0, 0.05) is 16.2 Å². The molecule has 0 aliphatic heterocycles. The number of rotatable bonds is 13. The number of ether oxygens (including phenoxy) is 1. The standard InChI is InChI=1S/C28H32N2OS2/c1-3-4-5-6-7-11-18-32-21-33-28-26(20-29)25(22-12-9-8-10-13-22)19-27(30-28)23-14-16-24(31-2)17-15-23/h8-10,12-17,19H,3-7,11,18,21H2,1-2H3. The molecule has 0 saturated heterocycles. The van der Waals surface area contributed by atoms with E-state index in [1.165, 1.54) is 38.5 Å². The third-order valence-corrected chi connectivity index (χ3v) is 7.77. The lowest BCUT2D eigenvalue weighted by atomic mass is 9.99. The molecule has 172 valence electrons. The molecule has 0 N–H and O–H groups in total. The van der Waals surface area contributed by atoms with Gasteiger partial charge in [0.25, 0.3) is 0 Å². The second-order valence-corrected chi connectivity index (χ2v) is 10.3. The molecule has 1 aromatic heterocycles. The number of thioether (sulfide) groups is 2. The second kappa shape index (κ2) is 14.0. The van der Waals surface area contributed by atoms with Crippen LogP contribution in [-0.2, 0) is 0 Å². The van der Waals surface area contributed by atoms with Gasteiger partial charge in [0.05, 0.1) is 18.4 Å². The van der Waals surface area contributed by atoms with E-state index < -0.39 is 0 Å². The molecule has 0 aliphatic rings. The minimum absolute atomic E-state index is 0.656. The van der Waals surface area contributed by atoms with E-state index in [2.05, 4.69) is 25.1 Å². The third-order valence-electron chi connectivity index (χ3n) is 5.49. The normalized spacial score (nSPS) is 10.7. The molecule has 0 unspecified atom stereocenters. The zero-order valence-corrected chi connectivity index (χ0v) is 21.2. The second-order valence-electron chi connectivity index (χ2n) is 7.88. The van der Waals surface area contributed by atoms with Crippen LogP contribution in [0.2, 0.25) is 0 Å². The molecule has 3 aromatic rings. The van der Waals surface area contributed by atoms with Crippen LogP contribution in [0.3, 0.4) is 0 Å². The van der Waals surface area contributed by atoms with Crippen molar-refractivity contribution in [3.63, 3.8) is 0 Å². The summed E-state index contributed by atoms with van der Waals surface area (Å²) in [6.07, 6.45) is 7.90. The molecule has 2 aromatic carbocycles. The number of hydrogen-bond donors (Lipinski definition) is 0. The van der Waals surface area contributed by atoms with Crippen molar-refractivity contribution in [3.8, 4) is 34.2 Å². The topological polar surface area (TPSA) is 45.9 Å². The molecule has 0 radical (unpaired) electrons. The van der Waals surface area contributed by atoms with Crippen molar-refractivity contribution in [1.29, 1.82) is 5.26 Å². The molecule has 0 fully saturated rings. The summed E-state index contributed by atoms with van der Waals surface area (Å²) in [5, 5.41) is 11.7. The lowest BCUT2D eigenvalue weighted by Crippen LogP contribution is -1.96. The summed E-state index contributed by atoms with van der Waals surface area (Å²) in [4.78, 5) is 4.91.